The fraction of sp³-hybridized carbons (Fsp3) is 0.316. The van der Waals surface area contributed by atoms with E-state index in [0.29, 0.717) is 23.6 Å². The van der Waals surface area contributed by atoms with Crippen LogP contribution in [0, 0.1) is 0 Å². The number of rotatable bonds is 5. The molecule has 1 aliphatic heterocycles. The van der Waals surface area contributed by atoms with Crippen molar-refractivity contribution in [2.45, 2.75) is 12.5 Å². The molecule has 0 spiro atoms. The van der Waals surface area contributed by atoms with Crippen LogP contribution >= 0.6 is 0 Å². The van der Waals surface area contributed by atoms with Crippen LogP contribution in [0.5, 0.6) is 11.5 Å². The maximum Gasteiger partial charge on any atom is 0.255 e. The van der Waals surface area contributed by atoms with Crippen molar-refractivity contribution >= 4 is 5.91 Å². The Balaban J connectivity index is 1.73. The van der Waals surface area contributed by atoms with Gasteiger partial charge in [-0.25, -0.2) is 0 Å². The lowest BCUT2D eigenvalue weighted by Gasteiger charge is -2.27. The monoisotopic (exact) mass is 326 g/mol. The Morgan fingerprint density at radius 1 is 1.21 bits per heavy atom. The molecule has 0 aromatic heterocycles. The van der Waals surface area contributed by atoms with Gasteiger partial charge in [-0.2, -0.15) is 0 Å². The first-order chi connectivity index (χ1) is 11.7. The SMILES string of the molecule is COc1ccc(OC)c(C(=O)NCC2NCCc3ccccc32)c1. The second-order valence-corrected chi connectivity index (χ2v) is 5.73. The third kappa shape index (κ3) is 3.36. The average Bonchev–Trinajstić information content (AvgIpc) is 2.65. The van der Waals surface area contributed by atoms with Crippen molar-refractivity contribution in [3.8, 4) is 11.5 Å². The van der Waals surface area contributed by atoms with Crippen LogP contribution in [0.4, 0.5) is 0 Å². The van der Waals surface area contributed by atoms with Crippen LogP contribution in [-0.4, -0.2) is 33.2 Å². The average molecular weight is 326 g/mol. The summed E-state index contributed by atoms with van der Waals surface area (Å²) in [5, 5.41) is 6.46. The highest BCUT2D eigenvalue weighted by Gasteiger charge is 2.21. The van der Waals surface area contributed by atoms with Gasteiger partial charge in [0.2, 0.25) is 0 Å². The van der Waals surface area contributed by atoms with Gasteiger partial charge in [-0.1, -0.05) is 24.3 Å². The number of carbonyl (C=O) groups is 1. The van der Waals surface area contributed by atoms with E-state index in [0.717, 1.165) is 13.0 Å². The minimum absolute atomic E-state index is 0.121. The number of nitrogens with one attached hydrogen (secondary N) is 2. The molecule has 5 heteroatoms. The zero-order chi connectivity index (χ0) is 16.9. The quantitative estimate of drug-likeness (QED) is 0.885. The molecular formula is C19H22N2O3. The maximum atomic E-state index is 12.6. The molecule has 126 valence electrons. The van der Waals surface area contributed by atoms with Gasteiger partial charge in [0.25, 0.3) is 5.91 Å². The van der Waals surface area contributed by atoms with E-state index >= 15 is 0 Å². The van der Waals surface area contributed by atoms with Crippen molar-refractivity contribution in [1.82, 2.24) is 10.6 Å². The Hall–Kier alpha value is -2.53. The van der Waals surface area contributed by atoms with Crippen LogP contribution in [0.3, 0.4) is 0 Å². The van der Waals surface area contributed by atoms with E-state index in [9.17, 15) is 4.79 Å². The smallest absolute Gasteiger partial charge is 0.255 e. The third-order valence-corrected chi connectivity index (χ3v) is 4.33. The Kier molecular flexibility index (Phi) is 5.01. The number of hydrogen-bond acceptors (Lipinski definition) is 4. The minimum Gasteiger partial charge on any atom is -0.497 e. The Morgan fingerprint density at radius 2 is 2.04 bits per heavy atom. The van der Waals surface area contributed by atoms with Gasteiger partial charge < -0.3 is 20.1 Å². The maximum absolute atomic E-state index is 12.6. The first kappa shape index (κ1) is 16.3. The molecular weight excluding hydrogens is 304 g/mol. The van der Waals surface area contributed by atoms with Gasteiger partial charge in [0.15, 0.2) is 0 Å². The van der Waals surface area contributed by atoms with E-state index in [-0.39, 0.29) is 11.9 Å². The van der Waals surface area contributed by atoms with Gasteiger partial charge in [0.1, 0.15) is 11.5 Å². The second-order valence-electron chi connectivity index (χ2n) is 5.73. The Morgan fingerprint density at radius 3 is 2.83 bits per heavy atom. The highest BCUT2D eigenvalue weighted by Crippen LogP contribution is 2.25. The van der Waals surface area contributed by atoms with Crippen molar-refractivity contribution < 1.29 is 14.3 Å². The van der Waals surface area contributed by atoms with Crippen molar-refractivity contribution in [3.05, 3.63) is 59.2 Å². The third-order valence-electron chi connectivity index (χ3n) is 4.33. The minimum atomic E-state index is -0.171. The summed E-state index contributed by atoms with van der Waals surface area (Å²) >= 11 is 0. The van der Waals surface area contributed by atoms with E-state index in [2.05, 4.69) is 28.8 Å². The Bertz CT molecular complexity index is 730. The number of amides is 1. The van der Waals surface area contributed by atoms with Crippen LogP contribution in [0.15, 0.2) is 42.5 Å². The van der Waals surface area contributed by atoms with Crippen LogP contribution in [-0.2, 0) is 6.42 Å². The lowest BCUT2D eigenvalue weighted by molar-refractivity contribution is 0.0945. The number of carbonyl (C=O) groups excluding carboxylic acids is 1. The normalized spacial score (nSPS) is 16.2. The van der Waals surface area contributed by atoms with E-state index in [1.807, 2.05) is 6.07 Å². The highest BCUT2D eigenvalue weighted by molar-refractivity contribution is 5.97. The molecule has 1 atom stereocenters. The molecule has 3 rings (SSSR count). The van der Waals surface area contributed by atoms with Crippen LogP contribution in [0.2, 0.25) is 0 Å². The summed E-state index contributed by atoms with van der Waals surface area (Å²) in [6, 6.07) is 13.7. The lowest BCUT2D eigenvalue weighted by Crippen LogP contribution is -2.38. The molecule has 1 amide bonds. The van der Waals surface area contributed by atoms with E-state index in [1.54, 1.807) is 32.4 Å². The molecule has 24 heavy (non-hydrogen) atoms. The molecule has 1 unspecified atom stereocenters. The van der Waals surface area contributed by atoms with Crippen LogP contribution in [0.25, 0.3) is 0 Å². The van der Waals surface area contributed by atoms with Gasteiger partial charge in [0.05, 0.1) is 19.8 Å². The number of hydrogen-bond donors (Lipinski definition) is 2. The molecule has 0 aliphatic carbocycles. The van der Waals surface area contributed by atoms with E-state index in [4.69, 9.17) is 9.47 Å². The summed E-state index contributed by atoms with van der Waals surface area (Å²) in [4.78, 5) is 12.6. The van der Waals surface area contributed by atoms with Crippen molar-refractivity contribution in [3.63, 3.8) is 0 Å². The highest BCUT2D eigenvalue weighted by atomic mass is 16.5. The molecule has 0 saturated heterocycles. The molecule has 1 heterocycles. The van der Waals surface area contributed by atoms with Crippen molar-refractivity contribution in [1.29, 1.82) is 0 Å². The predicted molar refractivity (Wildman–Crippen MR) is 92.8 cm³/mol. The number of methoxy groups -OCH3 is 2. The summed E-state index contributed by atoms with van der Waals surface area (Å²) in [5.41, 5.74) is 3.07. The molecule has 2 N–H and O–H groups in total. The predicted octanol–water partition coefficient (Wildman–Crippen LogP) is 2.32. The molecule has 5 nitrogen and oxygen atoms in total. The second kappa shape index (κ2) is 7.36. The number of fused-ring (bicyclic) bond motifs is 1. The van der Waals surface area contributed by atoms with Crippen molar-refractivity contribution in [2.75, 3.05) is 27.3 Å². The van der Waals surface area contributed by atoms with Gasteiger partial charge in [-0.05, 0) is 42.3 Å². The zero-order valence-electron chi connectivity index (χ0n) is 14.0. The fourth-order valence-corrected chi connectivity index (χ4v) is 3.06. The van der Waals surface area contributed by atoms with Crippen LogP contribution < -0.4 is 20.1 Å². The summed E-state index contributed by atoms with van der Waals surface area (Å²) in [5.74, 6) is 0.989. The first-order valence-electron chi connectivity index (χ1n) is 8.04. The zero-order valence-corrected chi connectivity index (χ0v) is 14.0. The number of benzene rings is 2. The summed E-state index contributed by atoms with van der Waals surface area (Å²) < 4.78 is 10.5. The summed E-state index contributed by atoms with van der Waals surface area (Å²) in [7, 11) is 3.13. The first-order valence-corrected chi connectivity index (χ1v) is 8.04. The van der Waals surface area contributed by atoms with Gasteiger partial charge in [-0.15, -0.1) is 0 Å². The molecule has 0 fully saturated rings. The molecule has 2 aromatic rings. The summed E-state index contributed by atoms with van der Waals surface area (Å²) in [6.45, 7) is 1.44. The summed E-state index contributed by atoms with van der Waals surface area (Å²) in [6.07, 6.45) is 1.02. The molecule has 0 radical (unpaired) electrons. The van der Waals surface area contributed by atoms with E-state index < -0.39 is 0 Å². The lowest BCUT2D eigenvalue weighted by atomic mass is 9.94. The van der Waals surface area contributed by atoms with Gasteiger partial charge in [0, 0.05) is 12.6 Å². The van der Waals surface area contributed by atoms with Gasteiger partial charge >= 0.3 is 0 Å². The molecule has 2 aromatic carbocycles. The standard InChI is InChI=1S/C19H22N2O3/c1-23-14-7-8-18(24-2)16(11-14)19(22)21-12-17-15-6-4-3-5-13(15)9-10-20-17/h3-8,11,17,20H,9-10,12H2,1-2H3,(H,21,22). The topological polar surface area (TPSA) is 59.6 Å². The molecule has 0 bridgehead atoms. The van der Waals surface area contributed by atoms with E-state index in [1.165, 1.54) is 11.1 Å². The Labute approximate surface area is 142 Å². The molecule has 0 saturated carbocycles. The van der Waals surface area contributed by atoms with Crippen LogP contribution in [0.1, 0.15) is 27.5 Å². The van der Waals surface area contributed by atoms with Crippen molar-refractivity contribution in [2.24, 2.45) is 0 Å². The van der Waals surface area contributed by atoms with Gasteiger partial charge in [-0.3, -0.25) is 4.79 Å². The largest absolute Gasteiger partial charge is 0.497 e. The molecule has 1 aliphatic rings. The fourth-order valence-electron chi connectivity index (χ4n) is 3.06. The number of ether oxygens (including phenoxy) is 2.